The molecule has 4 heterocycles. The van der Waals surface area contributed by atoms with Gasteiger partial charge in [0.25, 0.3) is 5.78 Å². The summed E-state index contributed by atoms with van der Waals surface area (Å²) in [5.41, 5.74) is 1.97. The Balaban J connectivity index is 1.68. The summed E-state index contributed by atoms with van der Waals surface area (Å²) in [4.78, 5) is 15.4. The van der Waals surface area contributed by atoms with E-state index in [2.05, 4.69) is 30.3 Å². The van der Waals surface area contributed by atoms with E-state index < -0.39 is 0 Å². The van der Waals surface area contributed by atoms with Crippen LogP contribution < -0.4 is 4.90 Å². The van der Waals surface area contributed by atoms with Gasteiger partial charge in [-0.2, -0.15) is 14.6 Å². The van der Waals surface area contributed by atoms with Crippen molar-refractivity contribution in [3.05, 3.63) is 34.2 Å². The Morgan fingerprint density at radius 1 is 1.27 bits per heavy atom. The van der Waals surface area contributed by atoms with Gasteiger partial charge in [-0.25, -0.2) is 9.97 Å². The van der Waals surface area contributed by atoms with Crippen LogP contribution in [0, 0.1) is 13.8 Å². The molecule has 1 fully saturated rings. The van der Waals surface area contributed by atoms with Gasteiger partial charge in [0.1, 0.15) is 23.3 Å². The molecule has 1 aliphatic heterocycles. The number of ether oxygens (including phenoxy) is 1. The first-order valence-corrected chi connectivity index (χ1v) is 8.04. The fourth-order valence-electron chi connectivity index (χ4n) is 2.66. The van der Waals surface area contributed by atoms with E-state index >= 15 is 0 Å². The Kier molecular flexibility index (Phi) is 3.27. The predicted molar refractivity (Wildman–Crippen MR) is 83.3 cm³/mol. The third-order valence-corrected chi connectivity index (χ3v) is 4.72. The van der Waals surface area contributed by atoms with Crippen LogP contribution in [-0.2, 0) is 4.74 Å². The third-order valence-electron chi connectivity index (χ3n) is 3.66. The van der Waals surface area contributed by atoms with Crippen molar-refractivity contribution < 1.29 is 4.74 Å². The normalized spacial score (nSPS) is 19.0. The number of morpholine rings is 1. The molecule has 1 saturated heterocycles. The van der Waals surface area contributed by atoms with E-state index in [0.29, 0.717) is 12.4 Å². The second-order valence-electron chi connectivity index (χ2n) is 5.36. The lowest BCUT2D eigenvalue weighted by atomic mass is 10.2. The Morgan fingerprint density at radius 3 is 3.00 bits per heavy atom. The van der Waals surface area contributed by atoms with Gasteiger partial charge in [-0.15, -0.1) is 11.3 Å². The quantitative estimate of drug-likeness (QED) is 0.718. The zero-order valence-electron chi connectivity index (χ0n) is 12.4. The highest BCUT2D eigenvalue weighted by Crippen LogP contribution is 2.28. The van der Waals surface area contributed by atoms with E-state index in [1.165, 1.54) is 6.33 Å². The van der Waals surface area contributed by atoms with Crippen LogP contribution in [0.1, 0.15) is 22.5 Å². The molecule has 7 nitrogen and oxygen atoms in total. The second kappa shape index (κ2) is 5.29. The molecule has 0 saturated carbocycles. The summed E-state index contributed by atoms with van der Waals surface area (Å²) >= 11 is 1.65. The van der Waals surface area contributed by atoms with Gasteiger partial charge in [0, 0.05) is 29.4 Å². The summed E-state index contributed by atoms with van der Waals surface area (Å²) in [7, 11) is 0. The SMILES string of the molecule is Cc1csc(C2CN(c3cc(C)nc4ncnn34)CCO2)n1. The zero-order valence-corrected chi connectivity index (χ0v) is 13.2. The van der Waals surface area contributed by atoms with Gasteiger partial charge in [0.2, 0.25) is 0 Å². The Bertz CT molecular complexity index is 813. The van der Waals surface area contributed by atoms with Crippen LogP contribution in [0.3, 0.4) is 0 Å². The number of nitrogens with zero attached hydrogens (tertiary/aromatic N) is 6. The molecule has 3 aromatic rings. The molecule has 3 aromatic heterocycles. The van der Waals surface area contributed by atoms with Gasteiger partial charge in [0.15, 0.2) is 0 Å². The summed E-state index contributed by atoms with van der Waals surface area (Å²) in [6.07, 6.45) is 1.53. The second-order valence-corrected chi connectivity index (χ2v) is 6.25. The van der Waals surface area contributed by atoms with Crippen molar-refractivity contribution in [1.29, 1.82) is 0 Å². The maximum absolute atomic E-state index is 5.90. The highest BCUT2D eigenvalue weighted by Gasteiger charge is 2.26. The standard InChI is InChI=1S/C14H16N6OS/c1-9-5-12(20-14(18-9)15-8-16-20)19-3-4-21-11(6-19)13-17-10(2)7-22-13/h5,7-8,11H,3-4,6H2,1-2H3. The lowest BCUT2D eigenvalue weighted by Gasteiger charge is -2.33. The first kappa shape index (κ1) is 13.6. The van der Waals surface area contributed by atoms with Crippen molar-refractivity contribution in [2.24, 2.45) is 0 Å². The van der Waals surface area contributed by atoms with Crippen LogP contribution in [-0.4, -0.2) is 44.3 Å². The molecule has 1 aliphatic rings. The number of aryl methyl sites for hydroxylation is 2. The number of hydrogen-bond acceptors (Lipinski definition) is 7. The molecule has 0 spiro atoms. The van der Waals surface area contributed by atoms with Crippen molar-refractivity contribution >= 4 is 22.9 Å². The van der Waals surface area contributed by atoms with Crippen LogP contribution in [0.25, 0.3) is 5.78 Å². The minimum Gasteiger partial charge on any atom is -0.367 e. The van der Waals surface area contributed by atoms with Gasteiger partial charge in [-0.05, 0) is 13.8 Å². The van der Waals surface area contributed by atoms with Crippen molar-refractivity contribution in [2.45, 2.75) is 20.0 Å². The van der Waals surface area contributed by atoms with Gasteiger partial charge < -0.3 is 9.64 Å². The largest absolute Gasteiger partial charge is 0.367 e. The number of anilines is 1. The van der Waals surface area contributed by atoms with E-state index in [4.69, 9.17) is 4.74 Å². The van der Waals surface area contributed by atoms with Gasteiger partial charge in [0.05, 0.1) is 13.2 Å². The molecule has 0 radical (unpaired) electrons. The number of thiazole rings is 1. The van der Waals surface area contributed by atoms with Gasteiger partial charge >= 0.3 is 0 Å². The van der Waals surface area contributed by atoms with E-state index in [-0.39, 0.29) is 6.10 Å². The van der Waals surface area contributed by atoms with Gasteiger partial charge in [-0.1, -0.05) is 0 Å². The molecule has 0 aliphatic carbocycles. The molecular formula is C14H16N6OS. The van der Waals surface area contributed by atoms with Crippen molar-refractivity contribution in [3.63, 3.8) is 0 Å². The van der Waals surface area contributed by atoms with E-state index in [1.54, 1.807) is 15.9 Å². The maximum Gasteiger partial charge on any atom is 0.254 e. The molecule has 4 rings (SSSR count). The summed E-state index contributed by atoms with van der Waals surface area (Å²) in [6.45, 7) is 6.22. The average Bonchev–Trinajstić information content (AvgIpc) is 3.15. The summed E-state index contributed by atoms with van der Waals surface area (Å²) in [5, 5.41) is 7.37. The number of aromatic nitrogens is 5. The van der Waals surface area contributed by atoms with E-state index in [9.17, 15) is 0 Å². The third kappa shape index (κ3) is 2.34. The molecule has 22 heavy (non-hydrogen) atoms. The molecule has 0 amide bonds. The molecule has 0 bridgehead atoms. The minimum atomic E-state index is -0.000470. The lowest BCUT2D eigenvalue weighted by molar-refractivity contribution is 0.0391. The van der Waals surface area contributed by atoms with Crippen molar-refractivity contribution in [1.82, 2.24) is 24.6 Å². The number of hydrogen-bond donors (Lipinski definition) is 0. The molecule has 114 valence electrons. The van der Waals surface area contributed by atoms with Crippen LogP contribution >= 0.6 is 11.3 Å². The topological polar surface area (TPSA) is 68.4 Å². The average molecular weight is 316 g/mol. The zero-order chi connectivity index (χ0) is 15.1. The molecule has 0 N–H and O–H groups in total. The number of rotatable bonds is 2. The van der Waals surface area contributed by atoms with Gasteiger partial charge in [-0.3, -0.25) is 0 Å². The van der Waals surface area contributed by atoms with Crippen LogP contribution in [0.4, 0.5) is 5.82 Å². The first-order chi connectivity index (χ1) is 10.7. The van der Waals surface area contributed by atoms with E-state index in [0.717, 1.165) is 35.3 Å². The van der Waals surface area contributed by atoms with Crippen LogP contribution in [0.5, 0.6) is 0 Å². The molecule has 1 unspecified atom stereocenters. The lowest BCUT2D eigenvalue weighted by Crippen LogP contribution is -2.39. The molecule has 1 atom stereocenters. The Morgan fingerprint density at radius 2 is 2.18 bits per heavy atom. The fourth-order valence-corrected chi connectivity index (χ4v) is 3.50. The molecule has 0 aromatic carbocycles. The Labute approximate surface area is 131 Å². The van der Waals surface area contributed by atoms with E-state index in [1.807, 2.05) is 19.9 Å². The number of fused-ring (bicyclic) bond motifs is 1. The van der Waals surface area contributed by atoms with Crippen molar-refractivity contribution in [3.8, 4) is 0 Å². The fraction of sp³-hybridized carbons (Fsp3) is 0.429. The van der Waals surface area contributed by atoms with Crippen LogP contribution in [0.15, 0.2) is 17.8 Å². The molecule has 8 heteroatoms. The minimum absolute atomic E-state index is 0.000470. The highest BCUT2D eigenvalue weighted by atomic mass is 32.1. The highest BCUT2D eigenvalue weighted by molar-refractivity contribution is 7.09. The summed E-state index contributed by atoms with van der Waals surface area (Å²) in [5.74, 6) is 1.63. The van der Waals surface area contributed by atoms with Crippen LogP contribution in [0.2, 0.25) is 0 Å². The molecular weight excluding hydrogens is 300 g/mol. The monoisotopic (exact) mass is 316 g/mol. The summed E-state index contributed by atoms with van der Waals surface area (Å²) in [6, 6.07) is 2.04. The van der Waals surface area contributed by atoms with Crippen molar-refractivity contribution in [2.75, 3.05) is 24.6 Å². The Hall–Kier alpha value is -2.06. The smallest absolute Gasteiger partial charge is 0.254 e. The maximum atomic E-state index is 5.90. The predicted octanol–water partition coefficient (Wildman–Crippen LogP) is 1.78. The summed E-state index contributed by atoms with van der Waals surface area (Å²) < 4.78 is 7.68. The first-order valence-electron chi connectivity index (χ1n) is 7.16.